The fourth-order valence-corrected chi connectivity index (χ4v) is 9.05. The van der Waals surface area contributed by atoms with Gasteiger partial charge in [-0.3, -0.25) is 14.2 Å². The Balaban J connectivity index is 1.46. The number of hydrogen-bond acceptors (Lipinski definition) is 7. The number of fused-ring (bicyclic) bond motifs is 1. The first-order valence-electron chi connectivity index (χ1n) is 15.1. The second kappa shape index (κ2) is 11.5. The molecule has 1 N–H and O–H groups in total. The molecule has 42 heavy (non-hydrogen) atoms. The topological polar surface area (TPSA) is 110 Å². The van der Waals surface area contributed by atoms with Crippen molar-refractivity contribution in [2.45, 2.75) is 77.0 Å². The van der Waals surface area contributed by atoms with Crippen molar-refractivity contribution >= 4 is 21.9 Å². The summed E-state index contributed by atoms with van der Waals surface area (Å²) in [6.07, 6.45) is 6.01. The van der Waals surface area contributed by atoms with E-state index in [0.29, 0.717) is 68.9 Å². The van der Waals surface area contributed by atoms with E-state index in [4.69, 9.17) is 14.0 Å². The molecule has 4 aliphatic carbocycles. The Hall–Kier alpha value is -1.95. The molecule has 0 amide bonds. The molecule has 1 heterocycles. The second-order valence-corrected chi connectivity index (χ2v) is 15.4. The number of hydrogen-bond donors (Lipinski definition) is 1. The summed E-state index contributed by atoms with van der Waals surface area (Å²) in [5.74, 6) is -1.00. The molecule has 1 aromatic rings. The molecule has 6 rings (SSSR count). The third kappa shape index (κ3) is 6.03. The number of Topliss-reactive ketones (excluding diaryl/α,β-unsaturated/α-hetero) is 1. The highest BCUT2D eigenvalue weighted by Gasteiger charge is 2.59. The van der Waals surface area contributed by atoms with E-state index in [-0.39, 0.29) is 18.3 Å². The zero-order valence-corrected chi connectivity index (χ0v) is 25.5. The van der Waals surface area contributed by atoms with Crippen LogP contribution in [-0.4, -0.2) is 73.8 Å². The molecule has 1 saturated heterocycles. The lowest BCUT2D eigenvalue weighted by molar-refractivity contribution is -0.171. The van der Waals surface area contributed by atoms with Crippen LogP contribution in [0.2, 0.25) is 0 Å². The molecular weight excluding hydrogens is 568 g/mol. The highest BCUT2D eigenvalue weighted by Crippen LogP contribution is 2.62. The van der Waals surface area contributed by atoms with Crippen LogP contribution in [0, 0.1) is 41.4 Å². The van der Waals surface area contributed by atoms with Gasteiger partial charge in [-0.2, -0.15) is 17.2 Å². The van der Waals surface area contributed by atoms with Gasteiger partial charge in [-0.15, -0.1) is 0 Å². The van der Waals surface area contributed by atoms with Crippen LogP contribution in [0.5, 0.6) is 0 Å². The number of ketones is 1. The molecule has 5 aliphatic rings. The molecule has 1 aromatic carbocycles. The third-order valence-electron chi connectivity index (χ3n) is 10.6. The zero-order chi connectivity index (χ0) is 30.5. The van der Waals surface area contributed by atoms with Crippen LogP contribution in [0.15, 0.2) is 24.3 Å². The maximum absolute atomic E-state index is 14.2. The molecule has 0 aromatic heterocycles. The van der Waals surface area contributed by atoms with Crippen molar-refractivity contribution in [2.75, 3.05) is 32.9 Å². The smallest absolute Gasteiger partial charge is 0.460 e. The van der Waals surface area contributed by atoms with Gasteiger partial charge in [0.25, 0.3) is 0 Å². The summed E-state index contributed by atoms with van der Waals surface area (Å²) >= 11 is 0. The fourth-order valence-electron chi connectivity index (χ4n) is 8.78. The number of esters is 1. The van der Waals surface area contributed by atoms with Crippen molar-refractivity contribution in [2.24, 2.45) is 34.5 Å². The Morgan fingerprint density at radius 3 is 2.40 bits per heavy atom. The summed E-state index contributed by atoms with van der Waals surface area (Å²) < 4.78 is 70.4. The number of ether oxygens (including phenoxy) is 2. The lowest BCUT2D eigenvalue weighted by Gasteiger charge is -2.54. The summed E-state index contributed by atoms with van der Waals surface area (Å²) in [7, 11) is -5.95. The van der Waals surface area contributed by atoms with Crippen LogP contribution >= 0.6 is 0 Å². The van der Waals surface area contributed by atoms with Gasteiger partial charge in [0.1, 0.15) is 0 Å². The largest absolute Gasteiger partial charge is 0.465 e. The second-order valence-electron chi connectivity index (χ2n) is 14.0. The molecule has 234 valence electrons. The van der Waals surface area contributed by atoms with E-state index in [0.717, 1.165) is 31.2 Å². The molecule has 6 atom stereocenters. The summed E-state index contributed by atoms with van der Waals surface area (Å²) in [4.78, 5) is 28.7. The number of halogens is 2. The molecule has 4 bridgehead atoms. The Kier molecular flexibility index (Phi) is 8.63. The monoisotopic (exact) mass is 611 g/mol. The van der Waals surface area contributed by atoms with Crippen molar-refractivity contribution in [3.63, 3.8) is 0 Å². The van der Waals surface area contributed by atoms with Crippen molar-refractivity contribution in [3.05, 3.63) is 35.4 Å². The van der Waals surface area contributed by atoms with Gasteiger partial charge < -0.3 is 9.47 Å². The number of carbonyl (C=O) groups is 2. The Morgan fingerprint density at radius 2 is 1.76 bits per heavy atom. The normalized spacial score (nSPS) is 31.0. The van der Waals surface area contributed by atoms with E-state index >= 15 is 0 Å². The number of aryl methyl sites for hydroxylation is 1. The Bertz CT molecular complexity index is 1280. The first kappa shape index (κ1) is 31.5. The number of alkyl halides is 2. The Morgan fingerprint density at radius 1 is 1.12 bits per heavy atom. The molecule has 8 nitrogen and oxygen atoms in total. The van der Waals surface area contributed by atoms with Crippen LogP contribution < -0.4 is 0 Å². The van der Waals surface area contributed by atoms with E-state index in [2.05, 4.69) is 18.7 Å². The SMILES string of the molecule is Cc1ccc(C(=O)[C@@H](N2CCOCC2)C(C)(C)CC2C3CC4CCC2(COC(=O)C(F)(F)S(=O)(=O)O)CC(C4)C3)cc1. The number of morpholine rings is 1. The average molecular weight is 612 g/mol. The number of nitrogens with zero attached hydrogens (tertiary/aromatic N) is 1. The predicted molar refractivity (Wildman–Crippen MR) is 152 cm³/mol. The molecule has 0 spiro atoms. The van der Waals surface area contributed by atoms with Crippen LogP contribution in [0.4, 0.5) is 8.78 Å². The van der Waals surface area contributed by atoms with Crippen molar-refractivity contribution in [1.29, 1.82) is 0 Å². The van der Waals surface area contributed by atoms with Crippen LogP contribution in [0.3, 0.4) is 0 Å². The van der Waals surface area contributed by atoms with E-state index in [1.54, 1.807) is 0 Å². The predicted octanol–water partition coefficient (Wildman–Crippen LogP) is 5.15. The van der Waals surface area contributed by atoms with Crippen LogP contribution in [-0.2, 0) is 24.4 Å². The summed E-state index contributed by atoms with van der Waals surface area (Å²) in [6, 6.07) is 7.16. The molecule has 4 saturated carbocycles. The summed E-state index contributed by atoms with van der Waals surface area (Å²) in [5.41, 5.74) is 0.573. The highest BCUT2D eigenvalue weighted by atomic mass is 32.2. The maximum atomic E-state index is 14.2. The fraction of sp³-hybridized carbons (Fsp3) is 0.742. The first-order chi connectivity index (χ1) is 19.6. The summed E-state index contributed by atoms with van der Waals surface area (Å²) in [6.45, 7) is 8.17. The third-order valence-corrected chi connectivity index (χ3v) is 11.4. The van der Waals surface area contributed by atoms with Gasteiger partial charge in [0.05, 0.1) is 25.9 Å². The van der Waals surface area contributed by atoms with Crippen LogP contribution in [0.25, 0.3) is 0 Å². The van der Waals surface area contributed by atoms with E-state index in [1.165, 1.54) is 0 Å². The van der Waals surface area contributed by atoms with Gasteiger partial charge >= 0.3 is 21.3 Å². The highest BCUT2D eigenvalue weighted by molar-refractivity contribution is 7.87. The number of benzene rings is 1. The van der Waals surface area contributed by atoms with Crippen molar-refractivity contribution in [1.82, 2.24) is 4.90 Å². The first-order valence-corrected chi connectivity index (χ1v) is 16.5. The van der Waals surface area contributed by atoms with E-state index in [1.807, 2.05) is 31.2 Å². The zero-order valence-electron chi connectivity index (χ0n) is 24.7. The minimum absolute atomic E-state index is 0.00411. The number of rotatable bonds is 10. The van der Waals surface area contributed by atoms with Crippen LogP contribution in [0.1, 0.15) is 74.7 Å². The van der Waals surface area contributed by atoms with E-state index < -0.39 is 38.2 Å². The van der Waals surface area contributed by atoms with Gasteiger partial charge in [-0.05, 0) is 81.0 Å². The van der Waals surface area contributed by atoms with Gasteiger partial charge in [-0.1, -0.05) is 43.7 Å². The average Bonchev–Trinajstić information content (AvgIpc) is 3.11. The minimum atomic E-state index is -5.95. The van der Waals surface area contributed by atoms with Gasteiger partial charge in [0, 0.05) is 24.1 Å². The molecule has 5 fully saturated rings. The molecule has 11 heteroatoms. The lowest BCUT2D eigenvalue weighted by Crippen LogP contribution is -2.56. The Labute approximate surface area is 247 Å². The molecule has 1 aliphatic heterocycles. The lowest BCUT2D eigenvalue weighted by atomic mass is 9.52. The summed E-state index contributed by atoms with van der Waals surface area (Å²) in [5, 5.41) is -5.03. The minimum Gasteiger partial charge on any atom is -0.460 e. The van der Waals surface area contributed by atoms with Crippen molar-refractivity contribution in [3.8, 4) is 0 Å². The standard InChI is InChI=1S/C31H43F2NO7S/c1-20-4-6-23(7-5-20)26(35)27(34-10-12-40-13-11-34)29(2,3)18-25-24-15-21-8-9-30(25,17-22(14-21)16-24)19-41-28(36)31(32,33)42(37,38)39/h4-7,21-22,24-25,27H,8-19H2,1-3H3,(H,37,38,39)/t21?,22?,24?,25?,27-,30?/m1/s1. The van der Waals surface area contributed by atoms with Gasteiger partial charge in [-0.25, -0.2) is 4.79 Å². The molecule has 5 unspecified atom stereocenters. The van der Waals surface area contributed by atoms with Gasteiger partial charge in [0.2, 0.25) is 0 Å². The number of carbonyl (C=O) groups excluding carboxylic acids is 2. The quantitative estimate of drug-likeness (QED) is 0.220. The molecular formula is C31H43F2NO7S. The van der Waals surface area contributed by atoms with E-state index in [9.17, 15) is 26.8 Å². The maximum Gasteiger partial charge on any atom is 0.465 e. The van der Waals surface area contributed by atoms with Gasteiger partial charge in [0.15, 0.2) is 5.78 Å². The molecule has 0 radical (unpaired) electrons. The van der Waals surface area contributed by atoms with Crippen molar-refractivity contribution < 1.29 is 40.8 Å².